The number of cyclic esters (lactones) is 1. The van der Waals surface area contributed by atoms with E-state index in [1.807, 2.05) is 13.1 Å². The zero-order valence-electron chi connectivity index (χ0n) is 20.1. The number of carbonyl (C=O) groups excluding carboxylic acids is 1. The molecule has 5 heterocycles. The SMILES string of the molecule is CN(c1cc(Nc2ccc3c(n2)C(C)(C)OC3=O)ncc1-c1cnn(CC(F)(F)F)c1)[C@H]1CCNC1. The topological polar surface area (TPSA) is 97.2 Å². The van der Waals surface area contributed by atoms with Gasteiger partial charge in [-0.15, -0.1) is 0 Å². The van der Waals surface area contributed by atoms with Gasteiger partial charge in [0.15, 0.2) is 0 Å². The van der Waals surface area contributed by atoms with Gasteiger partial charge in [0.1, 0.15) is 29.5 Å². The van der Waals surface area contributed by atoms with Crippen LogP contribution in [0.5, 0.6) is 0 Å². The Hall–Kier alpha value is -3.67. The molecule has 5 rings (SSSR count). The predicted molar refractivity (Wildman–Crippen MR) is 127 cm³/mol. The largest absolute Gasteiger partial charge is 0.449 e. The van der Waals surface area contributed by atoms with Crippen molar-refractivity contribution < 1.29 is 22.7 Å². The van der Waals surface area contributed by atoms with Crippen LogP contribution in [0, 0.1) is 0 Å². The average Bonchev–Trinajstić information content (AvgIpc) is 3.53. The maximum atomic E-state index is 12.8. The number of halogens is 3. The molecule has 0 spiro atoms. The molecule has 1 fully saturated rings. The van der Waals surface area contributed by atoms with E-state index < -0.39 is 24.3 Å². The van der Waals surface area contributed by atoms with E-state index in [-0.39, 0.29) is 6.04 Å². The van der Waals surface area contributed by atoms with Crippen molar-refractivity contribution in [3.05, 3.63) is 48.0 Å². The highest BCUT2D eigenvalue weighted by atomic mass is 19.4. The first-order chi connectivity index (χ1) is 17.0. The molecule has 0 amide bonds. The van der Waals surface area contributed by atoms with Crippen LogP contribution in [0.4, 0.5) is 30.5 Å². The van der Waals surface area contributed by atoms with E-state index in [0.29, 0.717) is 34.0 Å². The number of nitrogens with one attached hydrogen (secondary N) is 2. The second-order valence-corrected chi connectivity index (χ2v) is 9.50. The van der Waals surface area contributed by atoms with Gasteiger partial charge in [0.05, 0.1) is 11.8 Å². The number of pyridine rings is 2. The molecule has 0 radical (unpaired) electrons. The summed E-state index contributed by atoms with van der Waals surface area (Å²) in [7, 11) is 1.96. The Morgan fingerprint density at radius 3 is 2.78 bits per heavy atom. The molecule has 0 aromatic carbocycles. The van der Waals surface area contributed by atoms with Crippen molar-refractivity contribution in [1.29, 1.82) is 0 Å². The molecule has 3 aromatic rings. The van der Waals surface area contributed by atoms with E-state index in [9.17, 15) is 18.0 Å². The summed E-state index contributed by atoms with van der Waals surface area (Å²) in [6, 6.07) is 5.41. The number of alkyl halides is 3. The Kier molecular flexibility index (Phi) is 5.86. The van der Waals surface area contributed by atoms with Crippen LogP contribution >= 0.6 is 0 Å². The van der Waals surface area contributed by atoms with Crippen LogP contribution in [0.1, 0.15) is 36.3 Å². The van der Waals surface area contributed by atoms with Crippen LogP contribution in [0.2, 0.25) is 0 Å². The summed E-state index contributed by atoms with van der Waals surface area (Å²) in [4.78, 5) is 23.3. The van der Waals surface area contributed by atoms with Gasteiger partial charge in [-0.25, -0.2) is 14.8 Å². The van der Waals surface area contributed by atoms with E-state index in [4.69, 9.17) is 4.74 Å². The number of ether oxygens (including phenoxy) is 1. The summed E-state index contributed by atoms with van der Waals surface area (Å²) in [5, 5.41) is 10.4. The van der Waals surface area contributed by atoms with Crippen LogP contribution in [0.15, 0.2) is 36.8 Å². The summed E-state index contributed by atoms with van der Waals surface area (Å²) in [5.74, 6) is 0.593. The molecule has 2 aliphatic rings. The van der Waals surface area contributed by atoms with Gasteiger partial charge in [0.25, 0.3) is 0 Å². The molecular weight excluding hydrogens is 475 g/mol. The number of fused-ring (bicyclic) bond motifs is 1. The van der Waals surface area contributed by atoms with Gasteiger partial charge in [0, 0.05) is 54.9 Å². The second-order valence-electron chi connectivity index (χ2n) is 9.50. The van der Waals surface area contributed by atoms with Gasteiger partial charge < -0.3 is 20.3 Å². The molecule has 9 nitrogen and oxygen atoms in total. The fraction of sp³-hybridized carbons (Fsp3) is 0.417. The van der Waals surface area contributed by atoms with Gasteiger partial charge in [0.2, 0.25) is 0 Å². The Bertz CT molecular complexity index is 1300. The third-order valence-corrected chi connectivity index (χ3v) is 6.42. The minimum absolute atomic E-state index is 0.214. The highest BCUT2D eigenvalue weighted by Gasteiger charge is 2.39. The molecule has 0 aliphatic carbocycles. The molecular formula is C24H26F3N7O2. The lowest BCUT2D eigenvalue weighted by Gasteiger charge is -2.28. The maximum Gasteiger partial charge on any atom is 0.408 e. The minimum atomic E-state index is -4.36. The first-order valence-electron chi connectivity index (χ1n) is 11.6. The first kappa shape index (κ1) is 24.0. The summed E-state index contributed by atoms with van der Waals surface area (Å²) < 4.78 is 44.8. The predicted octanol–water partition coefficient (Wildman–Crippen LogP) is 3.85. The van der Waals surface area contributed by atoms with Crippen LogP contribution in [-0.4, -0.2) is 58.1 Å². The first-order valence-corrected chi connectivity index (χ1v) is 11.6. The molecule has 12 heteroatoms. The van der Waals surface area contributed by atoms with Gasteiger partial charge >= 0.3 is 12.1 Å². The zero-order valence-corrected chi connectivity index (χ0v) is 20.1. The Morgan fingerprint density at radius 2 is 2.06 bits per heavy atom. The fourth-order valence-electron chi connectivity index (χ4n) is 4.59. The number of carbonyl (C=O) groups is 1. The van der Waals surface area contributed by atoms with Gasteiger partial charge in [-0.05, 0) is 38.9 Å². The van der Waals surface area contributed by atoms with Crippen LogP contribution in [0.3, 0.4) is 0 Å². The van der Waals surface area contributed by atoms with Crippen LogP contribution in [-0.2, 0) is 16.9 Å². The molecule has 1 saturated heterocycles. The second kappa shape index (κ2) is 8.77. The van der Waals surface area contributed by atoms with E-state index >= 15 is 0 Å². The van der Waals surface area contributed by atoms with Crippen molar-refractivity contribution in [2.45, 2.75) is 44.6 Å². The Labute approximate surface area is 205 Å². The van der Waals surface area contributed by atoms with E-state index in [1.165, 1.54) is 12.4 Å². The summed E-state index contributed by atoms with van der Waals surface area (Å²) in [6.07, 6.45) is 0.987. The quantitative estimate of drug-likeness (QED) is 0.492. The lowest BCUT2D eigenvalue weighted by Crippen LogP contribution is -2.33. The number of nitrogens with zero attached hydrogens (tertiary/aromatic N) is 5. The van der Waals surface area contributed by atoms with E-state index in [0.717, 1.165) is 29.9 Å². The Balaban J connectivity index is 1.48. The molecule has 2 aliphatic heterocycles. The lowest BCUT2D eigenvalue weighted by molar-refractivity contribution is -0.142. The van der Waals surface area contributed by atoms with Crippen molar-refractivity contribution in [3.8, 4) is 11.1 Å². The smallest absolute Gasteiger partial charge is 0.408 e. The molecule has 0 unspecified atom stereocenters. The number of esters is 1. The summed E-state index contributed by atoms with van der Waals surface area (Å²) in [6.45, 7) is 4.08. The van der Waals surface area contributed by atoms with Crippen molar-refractivity contribution in [2.75, 3.05) is 30.4 Å². The van der Waals surface area contributed by atoms with Crippen molar-refractivity contribution in [2.24, 2.45) is 0 Å². The number of aromatic nitrogens is 4. The minimum Gasteiger partial charge on any atom is -0.449 e. The number of anilines is 3. The zero-order chi connectivity index (χ0) is 25.7. The van der Waals surface area contributed by atoms with Crippen LogP contribution < -0.4 is 15.5 Å². The monoisotopic (exact) mass is 501 g/mol. The Morgan fingerprint density at radius 1 is 1.25 bits per heavy atom. The number of likely N-dealkylation sites (N-methyl/N-ethyl adjacent to an activating group) is 1. The standard InChI is InChI=1S/C24H26F3N7O2/c1-23(2)21-16(22(35)36-23)4-5-19(32-21)31-20-8-18(33(3)15-6-7-28-10-15)17(11-29-20)14-9-30-34(12-14)13-24(25,26)27/h4-5,8-9,11-12,15,28H,6-7,10,13H2,1-3H3,(H,29,31,32)/t15-/m0/s1. The van der Waals surface area contributed by atoms with E-state index in [1.54, 1.807) is 32.2 Å². The highest BCUT2D eigenvalue weighted by molar-refractivity contribution is 5.94. The average molecular weight is 502 g/mol. The summed E-state index contributed by atoms with van der Waals surface area (Å²) in [5.41, 5.74) is 2.15. The van der Waals surface area contributed by atoms with Crippen molar-refractivity contribution in [1.82, 2.24) is 25.1 Å². The molecule has 2 N–H and O–H groups in total. The summed E-state index contributed by atoms with van der Waals surface area (Å²) >= 11 is 0. The lowest BCUT2D eigenvalue weighted by atomic mass is 10.0. The normalized spacial score (nSPS) is 18.7. The number of hydrogen-bond donors (Lipinski definition) is 2. The van der Waals surface area contributed by atoms with Gasteiger partial charge in [-0.3, -0.25) is 4.68 Å². The molecule has 1 atom stereocenters. The molecule has 36 heavy (non-hydrogen) atoms. The van der Waals surface area contributed by atoms with Crippen molar-refractivity contribution in [3.63, 3.8) is 0 Å². The van der Waals surface area contributed by atoms with E-state index in [2.05, 4.69) is 30.6 Å². The number of hydrogen-bond acceptors (Lipinski definition) is 8. The molecule has 3 aromatic heterocycles. The third kappa shape index (κ3) is 4.72. The van der Waals surface area contributed by atoms with Gasteiger partial charge in [-0.1, -0.05) is 0 Å². The molecule has 0 bridgehead atoms. The fourth-order valence-corrected chi connectivity index (χ4v) is 4.59. The van der Waals surface area contributed by atoms with Crippen LogP contribution in [0.25, 0.3) is 11.1 Å². The maximum absolute atomic E-state index is 12.8. The highest BCUT2D eigenvalue weighted by Crippen LogP contribution is 2.37. The number of rotatable bonds is 6. The van der Waals surface area contributed by atoms with Crippen molar-refractivity contribution >= 4 is 23.3 Å². The third-order valence-electron chi connectivity index (χ3n) is 6.42. The van der Waals surface area contributed by atoms with Gasteiger partial charge in [-0.2, -0.15) is 18.3 Å². The molecule has 190 valence electrons. The molecule has 0 saturated carbocycles.